The van der Waals surface area contributed by atoms with Crippen LogP contribution in [0.1, 0.15) is 22.0 Å². The number of rotatable bonds is 6. The molecule has 0 aliphatic heterocycles. The summed E-state index contributed by atoms with van der Waals surface area (Å²) in [7, 11) is -4.39. The first kappa shape index (κ1) is 19.7. The van der Waals surface area contributed by atoms with Crippen LogP contribution in [-0.2, 0) is 27.5 Å². The standard InChI is InChI=1S/C12H16N4O4S2.ClH/c1-8-11(3-4-20-22(17,18)19)21-7-16(8)6-10-5-14-9(2)15-12(10)13;/h5,7H,3-4,6H2,1-2H3,(H2-,13,14,15,17,18,19);1H. The van der Waals surface area contributed by atoms with Crippen molar-refractivity contribution in [1.82, 2.24) is 9.97 Å². The SMILES string of the molecule is Cc1ncc(C[n+]2csc(CCOS(=O)(=O)O)c2C)c(N)n1.[Cl-]. The smallest absolute Gasteiger partial charge is 0.397 e. The van der Waals surface area contributed by atoms with Gasteiger partial charge in [-0.2, -0.15) is 13.0 Å². The average Bonchev–Trinajstić information content (AvgIpc) is 2.73. The van der Waals surface area contributed by atoms with Crippen molar-refractivity contribution in [2.24, 2.45) is 0 Å². The Morgan fingerprint density at radius 3 is 2.74 bits per heavy atom. The minimum absolute atomic E-state index is 0. The van der Waals surface area contributed by atoms with Crippen molar-refractivity contribution in [2.45, 2.75) is 26.8 Å². The molecular formula is C12H17ClN4O4S2. The predicted octanol–water partition coefficient (Wildman–Crippen LogP) is -2.56. The molecule has 0 radical (unpaired) electrons. The summed E-state index contributed by atoms with van der Waals surface area (Å²) in [6, 6.07) is 0. The molecule has 0 fully saturated rings. The number of aryl methyl sites for hydroxylation is 1. The first-order valence-corrected chi connectivity index (χ1v) is 8.67. The molecular weight excluding hydrogens is 364 g/mol. The van der Waals surface area contributed by atoms with Crippen molar-refractivity contribution in [3.63, 3.8) is 0 Å². The molecule has 2 rings (SSSR count). The zero-order chi connectivity index (χ0) is 16.3. The lowest BCUT2D eigenvalue weighted by molar-refractivity contribution is -0.689. The molecule has 8 nitrogen and oxygen atoms in total. The Hall–Kier alpha value is -1.33. The van der Waals surface area contributed by atoms with Crippen LogP contribution >= 0.6 is 11.3 Å². The zero-order valence-corrected chi connectivity index (χ0v) is 15.0. The van der Waals surface area contributed by atoms with Crippen LogP contribution in [0.4, 0.5) is 5.82 Å². The molecule has 128 valence electrons. The van der Waals surface area contributed by atoms with Gasteiger partial charge in [0.2, 0.25) is 5.51 Å². The third-order valence-corrected chi connectivity index (χ3v) is 4.69. The minimum atomic E-state index is -4.39. The second-order valence-corrected chi connectivity index (χ2v) is 6.72. The minimum Gasteiger partial charge on any atom is -1.00 e. The number of anilines is 1. The van der Waals surface area contributed by atoms with Crippen molar-refractivity contribution in [3.8, 4) is 0 Å². The highest BCUT2D eigenvalue weighted by atomic mass is 35.5. The number of thiazole rings is 1. The summed E-state index contributed by atoms with van der Waals surface area (Å²) in [4.78, 5) is 9.23. The number of aromatic nitrogens is 3. The van der Waals surface area contributed by atoms with E-state index in [1.54, 1.807) is 13.1 Å². The van der Waals surface area contributed by atoms with Crippen LogP contribution in [0.3, 0.4) is 0 Å². The second kappa shape index (κ2) is 7.97. The number of nitrogens with zero attached hydrogens (tertiary/aromatic N) is 3. The van der Waals surface area contributed by atoms with Crippen molar-refractivity contribution in [2.75, 3.05) is 12.3 Å². The average molecular weight is 381 g/mol. The van der Waals surface area contributed by atoms with Gasteiger partial charge in [0.25, 0.3) is 0 Å². The van der Waals surface area contributed by atoms with Gasteiger partial charge >= 0.3 is 10.4 Å². The van der Waals surface area contributed by atoms with E-state index >= 15 is 0 Å². The molecule has 0 atom stereocenters. The van der Waals surface area contributed by atoms with Gasteiger partial charge in [-0.1, -0.05) is 11.3 Å². The fourth-order valence-electron chi connectivity index (χ4n) is 1.90. The highest BCUT2D eigenvalue weighted by Crippen LogP contribution is 2.14. The quantitative estimate of drug-likeness (QED) is 0.418. The monoisotopic (exact) mass is 380 g/mol. The van der Waals surface area contributed by atoms with Crippen molar-refractivity contribution in [3.05, 3.63) is 33.7 Å². The van der Waals surface area contributed by atoms with Gasteiger partial charge in [-0.05, 0) is 6.92 Å². The largest absolute Gasteiger partial charge is 1.00 e. The Kier molecular flexibility index (Phi) is 6.84. The Bertz CT molecular complexity index is 779. The zero-order valence-electron chi connectivity index (χ0n) is 12.6. The van der Waals surface area contributed by atoms with Crippen molar-refractivity contribution < 1.29 is 34.1 Å². The van der Waals surface area contributed by atoms with Gasteiger partial charge in [-0.3, -0.25) is 4.55 Å². The number of halogens is 1. The maximum Gasteiger partial charge on any atom is 0.397 e. The molecule has 0 bridgehead atoms. The summed E-state index contributed by atoms with van der Waals surface area (Å²) in [6.45, 7) is 4.13. The highest BCUT2D eigenvalue weighted by molar-refractivity contribution is 7.80. The molecule has 11 heteroatoms. The fourth-order valence-corrected chi connectivity index (χ4v) is 3.17. The molecule has 0 saturated heterocycles. The molecule has 0 aromatic carbocycles. The first-order valence-electron chi connectivity index (χ1n) is 6.42. The van der Waals surface area contributed by atoms with Crippen molar-refractivity contribution >= 4 is 27.6 Å². The van der Waals surface area contributed by atoms with E-state index in [1.807, 2.05) is 17.0 Å². The van der Waals surface area contributed by atoms with Crippen molar-refractivity contribution in [1.29, 1.82) is 0 Å². The third kappa shape index (κ3) is 5.66. The van der Waals surface area contributed by atoms with Crippen LogP contribution in [-0.4, -0.2) is 29.5 Å². The van der Waals surface area contributed by atoms with Crippen LogP contribution in [0, 0.1) is 13.8 Å². The highest BCUT2D eigenvalue weighted by Gasteiger charge is 2.18. The van der Waals surface area contributed by atoms with Gasteiger partial charge in [-0.25, -0.2) is 14.2 Å². The van der Waals surface area contributed by atoms with E-state index in [2.05, 4.69) is 14.2 Å². The summed E-state index contributed by atoms with van der Waals surface area (Å²) >= 11 is 1.48. The maximum absolute atomic E-state index is 10.5. The predicted molar refractivity (Wildman–Crippen MR) is 80.7 cm³/mol. The van der Waals surface area contributed by atoms with E-state index in [4.69, 9.17) is 10.3 Å². The number of hydrogen-bond acceptors (Lipinski definition) is 7. The van der Waals surface area contributed by atoms with E-state index in [0.717, 1.165) is 16.1 Å². The number of nitrogen functional groups attached to an aromatic ring is 1. The summed E-state index contributed by atoms with van der Waals surface area (Å²) in [5, 5.41) is 0. The normalized spacial score (nSPS) is 11.3. The Labute approximate surface area is 144 Å². The molecule has 2 heterocycles. The third-order valence-electron chi connectivity index (χ3n) is 3.08. The second-order valence-electron chi connectivity index (χ2n) is 4.69. The molecule has 0 unspecified atom stereocenters. The first-order chi connectivity index (χ1) is 10.3. The van der Waals surface area contributed by atoms with Crippen LogP contribution in [0.25, 0.3) is 0 Å². The molecule has 2 aromatic rings. The van der Waals surface area contributed by atoms with E-state index in [-0.39, 0.29) is 19.0 Å². The Balaban J connectivity index is 0.00000264. The van der Waals surface area contributed by atoms with E-state index in [0.29, 0.717) is 24.6 Å². The van der Waals surface area contributed by atoms with Gasteiger partial charge < -0.3 is 18.1 Å². The topological polar surface area (TPSA) is 119 Å². The number of hydrogen-bond donors (Lipinski definition) is 2. The van der Waals surface area contributed by atoms with Gasteiger partial charge in [0.05, 0.1) is 17.0 Å². The molecule has 0 spiro atoms. The maximum atomic E-state index is 10.5. The molecule has 0 amide bonds. The molecule has 0 aliphatic rings. The molecule has 0 saturated carbocycles. The molecule has 23 heavy (non-hydrogen) atoms. The lowest BCUT2D eigenvalue weighted by Gasteiger charge is -2.02. The summed E-state index contributed by atoms with van der Waals surface area (Å²) in [6.07, 6.45) is 2.09. The summed E-state index contributed by atoms with van der Waals surface area (Å²) in [5.41, 5.74) is 9.59. The lowest BCUT2D eigenvalue weighted by Crippen LogP contribution is -3.00. The van der Waals surface area contributed by atoms with E-state index in [1.165, 1.54) is 11.3 Å². The molecule has 2 aromatic heterocycles. The van der Waals surface area contributed by atoms with Crippen LogP contribution in [0.15, 0.2) is 11.7 Å². The fraction of sp³-hybridized carbons (Fsp3) is 0.417. The van der Waals surface area contributed by atoms with Crippen LogP contribution < -0.4 is 22.7 Å². The Morgan fingerprint density at radius 1 is 1.43 bits per heavy atom. The van der Waals surface area contributed by atoms with E-state index < -0.39 is 10.4 Å². The van der Waals surface area contributed by atoms with Gasteiger partial charge in [0, 0.05) is 19.5 Å². The summed E-state index contributed by atoms with van der Waals surface area (Å²) < 4.78 is 35.9. The lowest BCUT2D eigenvalue weighted by atomic mass is 10.2. The number of nitrogens with two attached hydrogens (primary N) is 1. The van der Waals surface area contributed by atoms with Crippen LogP contribution in [0.2, 0.25) is 0 Å². The molecule has 3 N–H and O–H groups in total. The summed E-state index contributed by atoms with van der Waals surface area (Å²) in [5.74, 6) is 1.07. The van der Waals surface area contributed by atoms with E-state index in [9.17, 15) is 8.42 Å². The van der Waals surface area contributed by atoms with Gasteiger partial charge in [0.15, 0.2) is 12.2 Å². The van der Waals surface area contributed by atoms with Crippen LogP contribution in [0.5, 0.6) is 0 Å². The van der Waals surface area contributed by atoms with Gasteiger partial charge in [0.1, 0.15) is 11.6 Å². The Morgan fingerprint density at radius 2 is 2.13 bits per heavy atom. The van der Waals surface area contributed by atoms with Gasteiger partial charge in [-0.15, -0.1) is 0 Å². The molecule has 0 aliphatic carbocycles.